The maximum Gasteiger partial charge on any atom is 0.379 e. The monoisotopic (exact) mass is 328 g/mol. The molecule has 0 spiro atoms. The van der Waals surface area contributed by atoms with Crippen molar-refractivity contribution in [3.63, 3.8) is 0 Å². The summed E-state index contributed by atoms with van der Waals surface area (Å²) in [7, 11) is 0. The van der Waals surface area contributed by atoms with Crippen LogP contribution in [0.2, 0.25) is 0 Å². The van der Waals surface area contributed by atoms with Crippen molar-refractivity contribution in [2.45, 2.75) is 6.61 Å². The van der Waals surface area contributed by atoms with E-state index in [1.54, 1.807) is 30.3 Å². The Morgan fingerprint density at radius 2 is 1.29 bits per heavy atom. The average Bonchev–Trinajstić information content (AvgIpc) is 2.64. The van der Waals surface area contributed by atoms with Gasteiger partial charge in [-0.15, -0.1) is 0 Å². The van der Waals surface area contributed by atoms with Gasteiger partial charge in [-0.1, -0.05) is 60.7 Å². The van der Waals surface area contributed by atoms with E-state index in [0.717, 1.165) is 5.56 Å². The second kappa shape index (κ2) is 10.3. The van der Waals surface area contributed by atoms with Crippen molar-refractivity contribution < 1.29 is 23.8 Å². The quantitative estimate of drug-likeness (QED) is 0.290. The van der Waals surface area contributed by atoms with Gasteiger partial charge in [0.25, 0.3) is 5.78 Å². The van der Waals surface area contributed by atoms with Gasteiger partial charge in [0.05, 0.1) is 26.4 Å². The van der Waals surface area contributed by atoms with Gasteiger partial charge in [0.15, 0.2) is 0 Å². The summed E-state index contributed by atoms with van der Waals surface area (Å²) in [5.41, 5.74) is 1.42. The molecule has 24 heavy (non-hydrogen) atoms. The summed E-state index contributed by atoms with van der Waals surface area (Å²) in [6.07, 6.45) is 0. The van der Waals surface area contributed by atoms with Crippen molar-refractivity contribution >= 4 is 11.8 Å². The second-order valence-corrected chi connectivity index (χ2v) is 4.98. The molecular formula is C19H20O5. The molecule has 0 unspecified atom stereocenters. The van der Waals surface area contributed by atoms with Gasteiger partial charge in [0.2, 0.25) is 0 Å². The van der Waals surface area contributed by atoms with Crippen molar-refractivity contribution in [3.05, 3.63) is 71.8 Å². The van der Waals surface area contributed by atoms with E-state index in [0.29, 0.717) is 25.4 Å². The SMILES string of the molecule is O=C(OCCOCCOCc1ccccc1)C(=O)c1ccccc1. The Labute approximate surface area is 141 Å². The van der Waals surface area contributed by atoms with Gasteiger partial charge < -0.3 is 14.2 Å². The fraction of sp³-hybridized carbons (Fsp3) is 0.263. The van der Waals surface area contributed by atoms with Crippen LogP contribution in [0.1, 0.15) is 15.9 Å². The van der Waals surface area contributed by atoms with Crippen molar-refractivity contribution in [1.29, 1.82) is 0 Å². The first kappa shape index (κ1) is 17.8. The molecule has 0 amide bonds. The van der Waals surface area contributed by atoms with Crippen LogP contribution in [-0.2, 0) is 25.6 Å². The number of carbonyl (C=O) groups excluding carboxylic acids is 2. The van der Waals surface area contributed by atoms with E-state index in [1.165, 1.54) is 0 Å². The zero-order chi connectivity index (χ0) is 17.0. The zero-order valence-corrected chi connectivity index (χ0v) is 13.4. The fourth-order valence-electron chi connectivity index (χ4n) is 1.95. The molecule has 5 heteroatoms. The molecule has 0 aromatic heterocycles. The summed E-state index contributed by atoms with van der Waals surface area (Å²) in [5.74, 6) is -1.52. The van der Waals surface area contributed by atoms with Crippen molar-refractivity contribution in [3.8, 4) is 0 Å². The van der Waals surface area contributed by atoms with Gasteiger partial charge in [-0.05, 0) is 5.56 Å². The van der Waals surface area contributed by atoms with Crippen LogP contribution in [-0.4, -0.2) is 38.2 Å². The molecule has 0 saturated heterocycles. The first-order valence-corrected chi connectivity index (χ1v) is 7.73. The molecule has 2 rings (SSSR count). The van der Waals surface area contributed by atoms with Gasteiger partial charge in [0, 0.05) is 5.56 Å². The molecule has 2 aromatic carbocycles. The van der Waals surface area contributed by atoms with Crippen molar-refractivity contribution in [2.24, 2.45) is 0 Å². The summed E-state index contributed by atoms with van der Waals surface area (Å²) in [4.78, 5) is 23.3. The van der Waals surface area contributed by atoms with Crippen LogP contribution in [0.25, 0.3) is 0 Å². The van der Waals surface area contributed by atoms with E-state index in [1.807, 2.05) is 30.3 Å². The maximum atomic E-state index is 11.7. The highest BCUT2D eigenvalue weighted by molar-refractivity contribution is 6.40. The lowest BCUT2D eigenvalue weighted by Gasteiger charge is -2.07. The molecule has 5 nitrogen and oxygen atoms in total. The van der Waals surface area contributed by atoms with Gasteiger partial charge in [-0.3, -0.25) is 4.79 Å². The van der Waals surface area contributed by atoms with Gasteiger partial charge in [0.1, 0.15) is 6.61 Å². The molecule has 0 fully saturated rings. The largest absolute Gasteiger partial charge is 0.457 e. The number of benzene rings is 2. The first-order valence-electron chi connectivity index (χ1n) is 7.73. The Bertz CT molecular complexity index is 625. The second-order valence-electron chi connectivity index (χ2n) is 4.98. The summed E-state index contributed by atoms with van der Waals surface area (Å²) < 4.78 is 15.6. The number of hydrogen-bond donors (Lipinski definition) is 0. The normalized spacial score (nSPS) is 10.3. The molecule has 0 saturated carbocycles. The summed E-state index contributed by atoms with van der Waals surface area (Å²) in [6.45, 7) is 1.65. The molecule has 0 aliphatic rings. The predicted molar refractivity (Wildman–Crippen MR) is 88.6 cm³/mol. The zero-order valence-electron chi connectivity index (χ0n) is 13.4. The number of rotatable bonds is 10. The van der Waals surface area contributed by atoms with Gasteiger partial charge >= 0.3 is 5.97 Å². The lowest BCUT2D eigenvalue weighted by Crippen LogP contribution is -2.20. The van der Waals surface area contributed by atoms with Crippen LogP contribution < -0.4 is 0 Å². The summed E-state index contributed by atoms with van der Waals surface area (Å²) in [5, 5.41) is 0. The van der Waals surface area contributed by atoms with E-state index < -0.39 is 11.8 Å². The lowest BCUT2D eigenvalue weighted by molar-refractivity contribution is -0.139. The number of ether oxygens (including phenoxy) is 3. The molecular weight excluding hydrogens is 308 g/mol. The lowest BCUT2D eigenvalue weighted by atomic mass is 10.1. The predicted octanol–water partition coefficient (Wildman–Crippen LogP) is 2.65. The van der Waals surface area contributed by atoms with Crippen LogP contribution >= 0.6 is 0 Å². The van der Waals surface area contributed by atoms with E-state index in [4.69, 9.17) is 14.2 Å². The van der Waals surface area contributed by atoms with E-state index >= 15 is 0 Å². The van der Waals surface area contributed by atoms with Gasteiger partial charge in [-0.25, -0.2) is 4.79 Å². The highest BCUT2D eigenvalue weighted by Crippen LogP contribution is 2.02. The smallest absolute Gasteiger partial charge is 0.379 e. The highest BCUT2D eigenvalue weighted by Gasteiger charge is 2.16. The Morgan fingerprint density at radius 3 is 2.00 bits per heavy atom. The molecule has 0 atom stereocenters. The minimum atomic E-state index is -0.870. The van der Waals surface area contributed by atoms with Crippen LogP contribution in [0, 0.1) is 0 Å². The Kier molecular flexibility index (Phi) is 7.67. The molecule has 126 valence electrons. The fourth-order valence-corrected chi connectivity index (χ4v) is 1.95. The van der Waals surface area contributed by atoms with Crippen molar-refractivity contribution in [2.75, 3.05) is 26.4 Å². The molecule has 0 heterocycles. The first-order chi connectivity index (χ1) is 11.8. The molecule has 0 aliphatic heterocycles. The van der Waals surface area contributed by atoms with E-state index in [2.05, 4.69) is 0 Å². The highest BCUT2D eigenvalue weighted by atomic mass is 16.6. The number of carbonyl (C=O) groups is 2. The third-order valence-corrected chi connectivity index (χ3v) is 3.17. The van der Waals surface area contributed by atoms with Crippen LogP contribution in [0.4, 0.5) is 0 Å². The molecule has 0 bridgehead atoms. The van der Waals surface area contributed by atoms with E-state index in [-0.39, 0.29) is 13.2 Å². The number of ketones is 1. The molecule has 0 aliphatic carbocycles. The Morgan fingerprint density at radius 1 is 0.708 bits per heavy atom. The average molecular weight is 328 g/mol. The number of hydrogen-bond acceptors (Lipinski definition) is 5. The topological polar surface area (TPSA) is 61.8 Å². The van der Waals surface area contributed by atoms with Crippen molar-refractivity contribution in [1.82, 2.24) is 0 Å². The van der Waals surface area contributed by atoms with E-state index in [9.17, 15) is 9.59 Å². The third kappa shape index (κ3) is 6.32. The number of Topliss-reactive ketones (excluding diaryl/α,β-unsaturated/α-hetero) is 1. The molecule has 0 N–H and O–H groups in total. The Hall–Kier alpha value is -2.50. The minimum Gasteiger partial charge on any atom is -0.457 e. The van der Waals surface area contributed by atoms with Crippen LogP contribution in [0.3, 0.4) is 0 Å². The Balaban J connectivity index is 1.50. The molecule has 0 radical (unpaired) electrons. The number of esters is 1. The standard InChI is InChI=1S/C19H20O5/c20-18(17-9-5-2-6-10-17)19(21)24-14-13-22-11-12-23-15-16-7-3-1-4-8-16/h1-10H,11-15H2. The summed E-state index contributed by atoms with van der Waals surface area (Å²) >= 11 is 0. The molecule has 2 aromatic rings. The van der Waals surface area contributed by atoms with Crippen LogP contribution in [0.5, 0.6) is 0 Å². The third-order valence-electron chi connectivity index (χ3n) is 3.17. The summed E-state index contributed by atoms with van der Waals surface area (Å²) in [6, 6.07) is 18.2. The van der Waals surface area contributed by atoms with Crippen LogP contribution in [0.15, 0.2) is 60.7 Å². The maximum absolute atomic E-state index is 11.7. The minimum absolute atomic E-state index is 0.0378. The van der Waals surface area contributed by atoms with Gasteiger partial charge in [-0.2, -0.15) is 0 Å².